The number of hydrogen-bond donors (Lipinski definition) is 3. The van der Waals surface area contributed by atoms with Gasteiger partial charge in [-0.25, -0.2) is 4.62 Å². The third-order valence-corrected chi connectivity index (χ3v) is 1.50. The zero-order valence-electron chi connectivity index (χ0n) is 6.88. The Morgan fingerprint density at radius 3 is 2.00 bits per heavy atom. The third-order valence-electron chi connectivity index (χ3n) is 0.966. The van der Waals surface area contributed by atoms with Gasteiger partial charge in [-0.3, -0.25) is 4.57 Å². The minimum atomic E-state index is -3.58. The molecule has 0 spiro atoms. The molecule has 0 aromatic rings. The highest BCUT2D eigenvalue weighted by atomic mass is 31.2. The molecule has 0 saturated heterocycles. The normalized spacial score (nSPS) is 16.4. The van der Waals surface area contributed by atoms with E-state index in [4.69, 9.17) is 15.1 Å². The Balaban J connectivity index is 3.86. The maximum absolute atomic E-state index is 10.7. The summed E-state index contributed by atoms with van der Waals surface area (Å²) in [6, 6.07) is 0. The second-order valence-electron chi connectivity index (χ2n) is 2.26. The van der Waals surface area contributed by atoms with Crippen LogP contribution in [0.15, 0.2) is 0 Å². The summed E-state index contributed by atoms with van der Waals surface area (Å²) in [5.74, 6) is 0. The molecule has 0 amide bonds. The quantitative estimate of drug-likeness (QED) is 0.376. The Kier molecular flexibility index (Phi) is 5.65. The van der Waals surface area contributed by atoms with Crippen molar-refractivity contribution in [1.82, 2.24) is 5.06 Å². The fourth-order valence-electron chi connectivity index (χ4n) is 0.631. The second-order valence-corrected chi connectivity index (χ2v) is 4.03. The largest absolute Gasteiger partial charge is 0.395 e. The van der Waals surface area contributed by atoms with E-state index in [2.05, 4.69) is 4.62 Å². The number of aliphatic hydroxyl groups is 2. The van der Waals surface area contributed by atoms with Crippen LogP contribution in [0.2, 0.25) is 0 Å². The SMILES string of the molecule is CP(=O)(O)ON(CCO)CCO. The van der Waals surface area contributed by atoms with Crippen LogP contribution in [0.4, 0.5) is 0 Å². The lowest BCUT2D eigenvalue weighted by atomic mass is 10.6. The molecule has 6 nitrogen and oxygen atoms in total. The Morgan fingerprint density at radius 2 is 1.75 bits per heavy atom. The van der Waals surface area contributed by atoms with E-state index in [0.717, 1.165) is 11.7 Å². The van der Waals surface area contributed by atoms with E-state index >= 15 is 0 Å². The number of hydroxylamine groups is 2. The summed E-state index contributed by atoms with van der Waals surface area (Å²) >= 11 is 0. The van der Waals surface area contributed by atoms with Gasteiger partial charge in [0.1, 0.15) is 0 Å². The van der Waals surface area contributed by atoms with Crippen molar-refractivity contribution in [3.05, 3.63) is 0 Å². The fourth-order valence-corrected chi connectivity index (χ4v) is 1.22. The molecule has 0 radical (unpaired) electrons. The molecule has 1 atom stereocenters. The molecule has 3 N–H and O–H groups in total. The van der Waals surface area contributed by atoms with Gasteiger partial charge < -0.3 is 15.1 Å². The van der Waals surface area contributed by atoms with Crippen molar-refractivity contribution in [1.29, 1.82) is 0 Å². The summed E-state index contributed by atoms with van der Waals surface area (Å²) in [7, 11) is -3.58. The molecular weight excluding hydrogens is 185 g/mol. The molecule has 0 rings (SSSR count). The van der Waals surface area contributed by atoms with Gasteiger partial charge in [-0.2, -0.15) is 5.06 Å². The average Bonchev–Trinajstić information content (AvgIpc) is 1.84. The molecule has 1 unspecified atom stereocenters. The summed E-state index contributed by atoms with van der Waals surface area (Å²) < 4.78 is 15.2. The molecule has 0 aromatic heterocycles. The van der Waals surface area contributed by atoms with Gasteiger partial charge in [-0.05, 0) is 0 Å². The van der Waals surface area contributed by atoms with Crippen molar-refractivity contribution in [2.45, 2.75) is 0 Å². The molecule has 0 aliphatic carbocycles. The van der Waals surface area contributed by atoms with Gasteiger partial charge >= 0.3 is 7.60 Å². The predicted molar refractivity (Wildman–Crippen MR) is 42.6 cm³/mol. The van der Waals surface area contributed by atoms with E-state index in [-0.39, 0.29) is 26.3 Å². The van der Waals surface area contributed by atoms with Gasteiger partial charge in [0.2, 0.25) is 0 Å². The number of hydrogen-bond acceptors (Lipinski definition) is 5. The zero-order valence-corrected chi connectivity index (χ0v) is 7.78. The first-order valence-corrected chi connectivity index (χ1v) is 5.48. The van der Waals surface area contributed by atoms with Gasteiger partial charge in [-0.1, -0.05) is 0 Å². The molecular formula is C5H14NO5P. The predicted octanol–water partition coefficient (Wildman–Crippen LogP) is -0.980. The summed E-state index contributed by atoms with van der Waals surface area (Å²) in [4.78, 5) is 8.77. The molecule has 0 saturated carbocycles. The minimum Gasteiger partial charge on any atom is -0.395 e. The highest BCUT2D eigenvalue weighted by Crippen LogP contribution is 2.37. The maximum atomic E-state index is 10.7. The maximum Gasteiger partial charge on any atom is 0.341 e. The van der Waals surface area contributed by atoms with E-state index in [9.17, 15) is 4.57 Å². The Morgan fingerprint density at radius 1 is 1.33 bits per heavy atom. The molecule has 74 valence electrons. The molecule has 0 fully saturated rings. The summed E-state index contributed by atoms with van der Waals surface area (Å²) in [6.45, 7) is 0.840. The lowest BCUT2D eigenvalue weighted by Crippen LogP contribution is -2.28. The van der Waals surface area contributed by atoms with Gasteiger partial charge in [0, 0.05) is 19.8 Å². The molecule has 7 heteroatoms. The molecule has 0 aromatic carbocycles. The molecule has 0 heterocycles. The van der Waals surface area contributed by atoms with Gasteiger partial charge in [-0.15, -0.1) is 0 Å². The molecule has 0 aliphatic heterocycles. The first-order chi connectivity index (χ1) is 5.49. The first-order valence-electron chi connectivity index (χ1n) is 3.46. The van der Waals surface area contributed by atoms with Crippen LogP contribution in [0.3, 0.4) is 0 Å². The highest BCUT2D eigenvalue weighted by molar-refractivity contribution is 7.51. The fraction of sp³-hybridized carbons (Fsp3) is 1.00. The van der Waals surface area contributed by atoms with E-state index < -0.39 is 7.60 Å². The lowest BCUT2D eigenvalue weighted by molar-refractivity contribution is -0.0819. The number of rotatable bonds is 6. The van der Waals surface area contributed by atoms with Crippen molar-refractivity contribution in [2.75, 3.05) is 33.0 Å². The Labute approximate surface area is 70.9 Å². The third kappa shape index (κ3) is 6.72. The van der Waals surface area contributed by atoms with Crippen molar-refractivity contribution in [3.8, 4) is 0 Å². The van der Waals surface area contributed by atoms with Crippen molar-refractivity contribution in [2.24, 2.45) is 0 Å². The monoisotopic (exact) mass is 199 g/mol. The molecule has 0 aliphatic rings. The van der Waals surface area contributed by atoms with E-state index in [1.54, 1.807) is 0 Å². The van der Waals surface area contributed by atoms with E-state index in [1.165, 1.54) is 0 Å². The topological polar surface area (TPSA) is 90.2 Å². The number of nitrogens with zero attached hydrogens (tertiary/aromatic N) is 1. The summed E-state index contributed by atoms with van der Waals surface area (Å²) in [5.41, 5.74) is 0. The molecule has 0 bridgehead atoms. The van der Waals surface area contributed by atoms with Gasteiger partial charge in [0.25, 0.3) is 0 Å². The Bertz CT molecular complexity index is 152. The smallest absolute Gasteiger partial charge is 0.341 e. The van der Waals surface area contributed by atoms with Crippen molar-refractivity contribution in [3.63, 3.8) is 0 Å². The Hall–Kier alpha value is 0.0300. The van der Waals surface area contributed by atoms with Crippen LogP contribution in [-0.2, 0) is 9.19 Å². The standard InChI is InChI=1S/C5H14NO5P/c1-12(9,10)11-6(2-4-7)3-5-8/h7-8H,2-5H2,1H3,(H,9,10). The molecule has 12 heavy (non-hydrogen) atoms. The lowest BCUT2D eigenvalue weighted by Gasteiger charge is -2.20. The highest BCUT2D eigenvalue weighted by Gasteiger charge is 2.16. The van der Waals surface area contributed by atoms with E-state index in [1.807, 2.05) is 0 Å². The van der Waals surface area contributed by atoms with Crippen LogP contribution < -0.4 is 0 Å². The van der Waals surface area contributed by atoms with Gasteiger partial charge in [0.15, 0.2) is 0 Å². The van der Waals surface area contributed by atoms with Gasteiger partial charge in [0.05, 0.1) is 13.2 Å². The first kappa shape index (κ1) is 12.0. The minimum absolute atomic E-state index is 0.0962. The van der Waals surface area contributed by atoms with E-state index in [0.29, 0.717) is 0 Å². The van der Waals surface area contributed by atoms with Crippen LogP contribution in [0, 0.1) is 0 Å². The zero-order chi connectivity index (χ0) is 9.61. The average molecular weight is 199 g/mol. The van der Waals surface area contributed by atoms with Crippen LogP contribution in [0.5, 0.6) is 0 Å². The van der Waals surface area contributed by atoms with Crippen molar-refractivity contribution >= 4 is 7.60 Å². The van der Waals surface area contributed by atoms with Crippen LogP contribution in [0.25, 0.3) is 0 Å². The second kappa shape index (κ2) is 5.64. The van der Waals surface area contributed by atoms with Crippen LogP contribution in [-0.4, -0.2) is 53.1 Å². The van der Waals surface area contributed by atoms with Crippen LogP contribution >= 0.6 is 7.60 Å². The van der Waals surface area contributed by atoms with Crippen molar-refractivity contribution < 1.29 is 24.3 Å². The van der Waals surface area contributed by atoms with Crippen LogP contribution in [0.1, 0.15) is 0 Å². The summed E-state index contributed by atoms with van der Waals surface area (Å²) in [6.07, 6.45) is 0. The summed E-state index contributed by atoms with van der Waals surface area (Å²) in [5, 5.41) is 18.0. The number of aliphatic hydroxyl groups excluding tert-OH is 2.